The minimum Gasteiger partial charge on any atom is -0.353 e. The summed E-state index contributed by atoms with van der Waals surface area (Å²) in [5.41, 5.74) is 0.691. The molecule has 0 radical (unpaired) electrons. The minimum absolute atomic E-state index is 0.101. The first kappa shape index (κ1) is 12.5. The normalized spacial score (nSPS) is 21.4. The number of thiophene rings is 1. The molecule has 92 valence electrons. The molecule has 1 saturated heterocycles. The predicted octanol–water partition coefficient (Wildman–Crippen LogP) is 2.87. The third kappa shape index (κ3) is 3.77. The molecule has 3 nitrogen and oxygen atoms in total. The van der Waals surface area contributed by atoms with Gasteiger partial charge in [-0.05, 0) is 36.8 Å². The SMILES string of the molecule is O=C/C(=C\COC1CCCCO1)c1cccs1. The van der Waals surface area contributed by atoms with Gasteiger partial charge in [-0.3, -0.25) is 4.79 Å². The fourth-order valence-corrected chi connectivity index (χ4v) is 2.47. The number of allylic oxidation sites excluding steroid dienone is 1. The Hall–Kier alpha value is -0.970. The van der Waals surface area contributed by atoms with Gasteiger partial charge >= 0.3 is 0 Å². The van der Waals surface area contributed by atoms with Crippen molar-refractivity contribution in [2.75, 3.05) is 13.2 Å². The largest absolute Gasteiger partial charge is 0.353 e. The molecule has 4 heteroatoms. The summed E-state index contributed by atoms with van der Waals surface area (Å²) in [7, 11) is 0. The molecule has 0 aromatic carbocycles. The number of ether oxygens (including phenoxy) is 2. The van der Waals surface area contributed by atoms with Gasteiger partial charge in [-0.25, -0.2) is 0 Å². The predicted molar refractivity (Wildman–Crippen MR) is 67.9 cm³/mol. The molecular weight excluding hydrogens is 236 g/mol. The Labute approximate surface area is 105 Å². The van der Waals surface area contributed by atoms with Gasteiger partial charge in [0.1, 0.15) is 0 Å². The first-order valence-corrected chi connectivity index (χ1v) is 6.70. The highest BCUT2D eigenvalue weighted by Crippen LogP contribution is 2.19. The Kier molecular flexibility index (Phi) is 4.91. The molecule has 2 rings (SSSR count). The molecule has 0 bridgehead atoms. The Morgan fingerprint density at radius 2 is 2.53 bits per heavy atom. The van der Waals surface area contributed by atoms with E-state index in [0.717, 1.165) is 37.0 Å². The maximum atomic E-state index is 10.9. The van der Waals surface area contributed by atoms with Crippen LogP contribution in [-0.2, 0) is 14.3 Å². The molecule has 17 heavy (non-hydrogen) atoms. The van der Waals surface area contributed by atoms with Crippen LogP contribution in [0.25, 0.3) is 5.57 Å². The highest BCUT2D eigenvalue weighted by molar-refractivity contribution is 7.11. The van der Waals surface area contributed by atoms with Crippen molar-refractivity contribution >= 4 is 23.2 Å². The second-order valence-corrected chi connectivity index (χ2v) is 4.83. The van der Waals surface area contributed by atoms with E-state index in [1.165, 1.54) is 0 Å². The van der Waals surface area contributed by atoms with Crippen LogP contribution in [0.4, 0.5) is 0 Å². The molecule has 1 aromatic rings. The van der Waals surface area contributed by atoms with Crippen molar-refractivity contribution in [2.45, 2.75) is 25.6 Å². The average molecular weight is 252 g/mol. The lowest BCUT2D eigenvalue weighted by Crippen LogP contribution is -2.22. The molecule has 1 fully saturated rings. The zero-order valence-corrected chi connectivity index (χ0v) is 10.4. The number of hydrogen-bond acceptors (Lipinski definition) is 4. The Morgan fingerprint density at radius 1 is 1.59 bits per heavy atom. The Morgan fingerprint density at radius 3 is 3.18 bits per heavy atom. The standard InChI is InChI=1S/C13H16O3S/c14-10-11(12-4-3-9-17-12)6-8-16-13-5-1-2-7-15-13/h3-4,6,9-10,13H,1-2,5,7-8H2/b11-6+. The minimum atomic E-state index is -0.101. The Balaban J connectivity index is 1.83. The van der Waals surface area contributed by atoms with Crippen molar-refractivity contribution in [3.63, 3.8) is 0 Å². The first-order chi connectivity index (χ1) is 8.40. The molecule has 1 unspecified atom stereocenters. The zero-order valence-electron chi connectivity index (χ0n) is 9.63. The maximum Gasteiger partial charge on any atom is 0.157 e. The number of hydrogen-bond donors (Lipinski definition) is 0. The summed E-state index contributed by atoms with van der Waals surface area (Å²) in [5.74, 6) is 0. The van der Waals surface area contributed by atoms with Crippen LogP contribution in [0.3, 0.4) is 0 Å². The monoisotopic (exact) mass is 252 g/mol. The van der Waals surface area contributed by atoms with Crippen LogP contribution in [-0.4, -0.2) is 25.8 Å². The van der Waals surface area contributed by atoms with E-state index in [1.807, 2.05) is 23.6 Å². The van der Waals surface area contributed by atoms with Crippen LogP contribution in [0, 0.1) is 0 Å². The molecule has 1 aliphatic heterocycles. The quantitative estimate of drug-likeness (QED) is 0.597. The average Bonchev–Trinajstić information content (AvgIpc) is 2.90. The topological polar surface area (TPSA) is 35.5 Å². The molecule has 0 amide bonds. The van der Waals surface area contributed by atoms with Gasteiger partial charge in [0.2, 0.25) is 0 Å². The van der Waals surface area contributed by atoms with Crippen LogP contribution < -0.4 is 0 Å². The van der Waals surface area contributed by atoms with E-state index in [2.05, 4.69) is 0 Å². The fourth-order valence-electron chi connectivity index (χ4n) is 1.74. The lowest BCUT2D eigenvalue weighted by atomic mass is 10.2. The van der Waals surface area contributed by atoms with Gasteiger partial charge < -0.3 is 9.47 Å². The summed E-state index contributed by atoms with van der Waals surface area (Å²) in [4.78, 5) is 11.9. The van der Waals surface area contributed by atoms with Gasteiger partial charge in [0.05, 0.1) is 6.61 Å². The van der Waals surface area contributed by atoms with Crippen molar-refractivity contribution in [1.82, 2.24) is 0 Å². The van der Waals surface area contributed by atoms with Gasteiger partial charge in [-0.15, -0.1) is 11.3 Å². The van der Waals surface area contributed by atoms with Crippen molar-refractivity contribution < 1.29 is 14.3 Å². The molecule has 1 aliphatic rings. The molecule has 2 heterocycles. The van der Waals surface area contributed by atoms with Gasteiger partial charge in [-0.1, -0.05) is 6.07 Å². The van der Waals surface area contributed by atoms with E-state index in [-0.39, 0.29) is 6.29 Å². The summed E-state index contributed by atoms with van der Waals surface area (Å²) in [6.07, 6.45) is 5.80. The van der Waals surface area contributed by atoms with Crippen LogP contribution in [0.5, 0.6) is 0 Å². The number of carbonyl (C=O) groups is 1. The van der Waals surface area contributed by atoms with Gasteiger partial charge in [0.15, 0.2) is 12.6 Å². The van der Waals surface area contributed by atoms with Gasteiger partial charge in [-0.2, -0.15) is 0 Å². The summed E-state index contributed by atoms with van der Waals surface area (Å²) >= 11 is 1.56. The molecule has 0 aliphatic carbocycles. The van der Waals surface area contributed by atoms with E-state index >= 15 is 0 Å². The molecule has 0 spiro atoms. The Bertz CT molecular complexity index is 364. The van der Waals surface area contributed by atoms with Crippen molar-refractivity contribution in [2.24, 2.45) is 0 Å². The molecule has 0 N–H and O–H groups in total. The van der Waals surface area contributed by atoms with E-state index < -0.39 is 0 Å². The van der Waals surface area contributed by atoms with Crippen LogP contribution in [0.15, 0.2) is 23.6 Å². The van der Waals surface area contributed by atoms with Crippen molar-refractivity contribution in [1.29, 1.82) is 0 Å². The molecule has 0 saturated carbocycles. The number of rotatable bonds is 5. The summed E-state index contributed by atoms with van der Waals surface area (Å²) in [6, 6.07) is 3.87. The van der Waals surface area contributed by atoms with E-state index in [0.29, 0.717) is 12.2 Å². The summed E-state index contributed by atoms with van der Waals surface area (Å²) < 4.78 is 11.0. The van der Waals surface area contributed by atoms with Crippen LogP contribution >= 0.6 is 11.3 Å². The molecular formula is C13H16O3S. The van der Waals surface area contributed by atoms with Crippen LogP contribution in [0.1, 0.15) is 24.1 Å². The fraction of sp³-hybridized carbons (Fsp3) is 0.462. The second-order valence-electron chi connectivity index (χ2n) is 3.88. The third-order valence-corrected chi connectivity index (χ3v) is 3.57. The van der Waals surface area contributed by atoms with E-state index in [1.54, 1.807) is 11.3 Å². The highest BCUT2D eigenvalue weighted by Gasteiger charge is 2.13. The van der Waals surface area contributed by atoms with E-state index in [4.69, 9.17) is 9.47 Å². The van der Waals surface area contributed by atoms with Crippen molar-refractivity contribution in [3.05, 3.63) is 28.5 Å². The highest BCUT2D eigenvalue weighted by atomic mass is 32.1. The maximum absolute atomic E-state index is 10.9. The zero-order chi connectivity index (χ0) is 11.9. The van der Waals surface area contributed by atoms with Crippen molar-refractivity contribution in [3.8, 4) is 0 Å². The lowest BCUT2D eigenvalue weighted by molar-refractivity contribution is -0.155. The number of carbonyl (C=O) groups excluding carboxylic acids is 1. The van der Waals surface area contributed by atoms with Gasteiger partial charge in [0, 0.05) is 17.1 Å². The summed E-state index contributed by atoms with van der Waals surface area (Å²) in [5, 5.41) is 1.96. The van der Waals surface area contributed by atoms with Crippen LogP contribution in [0.2, 0.25) is 0 Å². The van der Waals surface area contributed by atoms with Gasteiger partial charge in [0.25, 0.3) is 0 Å². The summed E-state index contributed by atoms with van der Waals surface area (Å²) in [6.45, 7) is 1.20. The molecule has 1 atom stereocenters. The lowest BCUT2D eigenvalue weighted by Gasteiger charge is -2.21. The first-order valence-electron chi connectivity index (χ1n) is 5.82. The number of aldehydes is 1. The third-order valence-electron chi connectivity index (χ3n) is 2.66. The smallest absolute Gasteiger partial charge is 0.157 e. The van der Waals surface area contributed by atoms with E-state index in [9.17, 15) is 4.79 Å². The molecule has 1 aromatic heterocycles. The second kappa shape index (κ2) is 6.69.